The SMILES string of the molecule is CCNC(C#N)CN(CC(F)(F)F)C1CC1. The Bertz CT molecular complexity index is 255. The third-order valence-corrected chi connectivity index (χ3v) is 2.47. The molecular weight excluding hydrogens is 219 g/mol. The molecular formula is C10H16F3N3. The Kier molecular flexibility index (Phi) is 4.56. The van der Waals surface area contributed by atoms with Crippen LogP contribution in [0.5, 0.6) is 0 Å². The molecule has 0 aromatic rings. The number of nitrogens with zero attached hydrogens (tertiary/aromatic N) is 2. The number of alkyl halides is 3. The molecule has 1 fully saturated rings. The van der Waals surface area contributed by atoms with E-state index >= 15 is 0 Å². The number of rotatable bonds is 6. The summed E-state index contributed by atoms with van der Waals surface area (Å²) in [6, 6.07) is 1.47. The zero-order valence-corrected chi connectivity index (χ0v) is 9.22. The molecule has 0 saturated heterocycles. The van der Waals surface area contributed by atoms with E-state index in [1.54, 1.807) is 0 Å². The predicted molar refractivity (Wildman–Crippen MR) is 53.7 cm³/mol. The topological polar surface area (TPSA) is 39.1 Å². The third-order valence-electron chi connectivity index (χ3n) is 2.47. The van der Waals surface area contributed by atoms with Gasteiger partial charge in [-0.15, -0.1) is 0 Å². The third kappa shape index (κ3) is 4.81. The van der Waals surface area contributed by atoms with Crippen molar-refractivity contribution in [3.8, 4) is 6.07 Å². The Labute approximate surface area is 93.2 Å². The van der Waals surface area contributed by atoms with Crippen molar-refractivity contribution in [1.29, 1.82) is 5.26 Å². The molecule has 0 aliphatic heterocycles. The van der Waals surface area contributed by atoms with Gasteiger partial charge in [0, 0.05) is 12.6 Å². The van der Waals surface area contributed by atoms with Crippen LogP contribution >= 0.6 is 0 Å². The van der Waals surface area contributed by atoms with Gasteiger partial charge in [-0.2, -0.15) is 18.4 Å². The predicted octanol–water partition coefficient (Wildman–Crippen LogP) is 1.51. The highest BCUT2D eigenvalue weighted by Gasteiger charge is 2.38. The summed E-state index contributed by atoms with van der Waals surface area (Å²) in [5, 5.41) is 11.6. The number of likely N-dealkylation sites (N-methyl/N-ethyl adjacent to an activating group) is 1. The Hall–Kier alpha value is -0.800. The van der Waals surface area contributed by atoms with Crippen molar-refractivity contribution in [3.63, 3.8) is 0 Å². The van der Waals surface area contributed by atoms with Crippen LogP contribution < -0.4 is 5.32 Å². The molecule has 0 amide bonds. The van der Waals surface area contributed by atoms with Crippen LogP contribution in [0.1, 0.15) is 19.8 Å². The van der Waals surface area contributed by atoms with Gasteiger partial charge in [0.25, 0.3) is 0 Å². The van der Waals surface area contributed by atoms with Gasteiger partial charge < -0.3 is 5.32 Å². The van der Waals surface area contributed by atoms with Crippen LogP contribution in [0.15, 0.2) is 0 Å². The fraction of sp³-hybridized carbons (Fsp3) is 0.900. The highest BCUT2D eigenvalue weighted by Crippen LogP contribution is 2.30. The van der Waals surface area contributed by atoms with Crippen molar-refractivity contribution < 1.29 is 13.2 Å². The van der Waals surface area contributed by atoms with Crippen molar-refractivity contribution in [2.45, 2.75) is 38.0 Å². The maximum Gasteiger partial charge on any atom is 0.401 e. The molecule has 3 nitrogen and oxygen atoms in total. The molecule has 0 bridgehead atoms. The molecule has 0 aromatic heterocycles. The fourth-order valence-electron chi connectivity index (χ4n) is 1.64. The average Bonchev–Trinajstić information content (AvgIpc) is 2.96. The summed E-state index contributed by atoms with van der Waals surface area (Å²) < 4.78 is 36.9. The first kappa shape index (κ1) is 13.3. The van der Waals surface area contributed by atoms with Crippen molar-refractivity contribution >= 4 is 0 Å². The van der Waals surface area contributed by atoms with Crippen molar-refractivity contribution in [2.75, 3.05) is 19.6 Å². The molecule has 1 rings (SSSR count). The van der Waals surface area contributed by atoms with Crippen LogP contribution in [0.2, 0.25) is 0 Å². The molecule has 1 N–H and O–H groups in total. The first-order valence-corrected chi connectivity index (χ1v) is 5.40. The van der Waals surface area contributed by atoms with Crippen LogP contribution in [0.25, 0.3) is 0 Å². The first-order valence-electron chi connectivity index (χ1n) is 5.40. The van der Waals surface area contributed by atoms with Gasteiger partial charge in [0.2, 0.25) is 0 Å². The van der Waals surface area contributed by atoms with Gasteiger partial charge >= 0.3 is 6.18 Å². The van der Waals surface area contributed by atoms with E-state index in [1.807, 2.05) is 13.0 Å². The molecule has 92 valence electrons. The summed E-state index contributed by atoms with van der Waals surface area (Å²) in [6.45, 7) is 1.65. The standard InChI is InChI=1S/C10H16F3N3/c1-2-15-8(5-14)6-16(9-3-4-9)7-10(11,12)13/h8-9,15H,2-4,6-7H2,1H3. The number of hydrogen-bond donors (Lipinski definition) is 1. The van der Waals surface area contributed by atoms with Gasteiger partial charge in [-0.05, 0) is 19.4 Å². The fourth-order valence-corrected chi connectivity index (χ4v) is 1.64. The van der Waals surface area contributed by atoms with E-state index in [9.17, 15) is 13.2 Å². The normalized spacial score (nSPS) is 18.5. The van der Waals surface area contributed by atoms with E-state index in [-0.39, 0.29) is 12.6 Å². The molecule has 1 aliphatic rings. The minimum absolute atomic E-state index is 0.0103. The van der Waals surface area contributed by atoms with Crippen LogP contribution in [0.3, 0.4) is 0 Å². The Morgan fingerprint density at radius 2 is 2.12 bits per heavy atom. The second-order valence-electron chi connectivity index (χ2n) is 4.02. The van der Waals surface area contributed by atoms with Crippen molar-refractivity contribution in [2.24, 2.45) is 0 Å². The summed E-state index contributed by atoms with van der Waals surface area (Å²) in [5.74, 6) is 0. The van der Waals surface area contributed by atoms with Gasteiger partial charge in [0.05, 0.1) is 12.6 Å². The number of halogens is 3. The highest BCUT2D eigenvalue weighted by atomic mass is 19.4. The van der Waals surface area contributed by atoms with Crippen LogP contribution in [-0.4, -0.2) is 42.8 Å². The van der Waals surface area contributed by atoms with Gasteiger partial charge in [0.1, 0.15) is 6.04 Å². The molecule has 1 unspecified atom stereocenters. The van der Waals surface area contributed by atoms with E-state index in [4.69, 9.17) is 5.26 Å². The summed E-state index contributed by atoms with van der Waals surface area (Å²) in [6.07, 6.45) is -2.57. The second-order valence-corrected chi connectivity index (χ2v) is 4.02. The molecule has 1 saturated carbocycles. The summed E-state index contributed by atoms with van der Waals surface area (Å²) >= 11 is 0. The van der Waals surface area contributed by atoms with Crippen LogP contribution in [-0.2, 0) is 0 Å². The zero-order chi connectivity index (χ0) is 12.2. The molecule has 0 radical (unpaired) electrons. The van der Waals surface area contributed by atoms with Crippen LogP contribution in [0, 0.1) is 11.3 Å². The largest absolute Gasteiger partial charge is 0.401 e. The molecule has 16 heavy (non-hydrogen) atoms. The van der Waals surface area contributed by atoms with E-state index in [2.05, 4.69) is 5.32 Å². The minimum Gasteiger partial charge on any atom is -0.301 e. The van der Waals surface area contributed by atoms with Gasteiger partial charge in [0.15, 0.2) is 0 Å². The lowest BCUT2D eigenvalue weighted by Gasteiger charge is -2.25. The maximum atomic E-state index is 12.3. The summed E-state index contributed by atoms with van der Waals surface area (Å²) in [5.41, 5.74) is 0. The Morgan fingerprint density at radius 1 is 1.50 bits per heavy atom. The van der Waals surface area contributed by atoms with Gasteiger partial charge in [-0.3, -0.25) is 4.90 Å². The highest BCUT2D eigenvalue weighted by molar-refractivity contribution is 4.96. The first-order chi connectivity index (χ1) is 7.46. The van der Waals surface area contributed by atoms with Crippen LogP contribution in [0.4, 0.5) is 13.2 Å². The lowest BCUT2D eigenvalue weighted by atomic mass is 10.3. The average molecular weight is 235 g/mol. The van der Waals surface area contributed by atoms with Crippen molar-refractivity contribution in [3.05, 3.63) is 0 Å². The van der Waals surface area contributed by atoms with Gasteiger partial charge in [-0.25, -0.2) is 0 Å². The smallest absolute Gasteiger partial charge is 0.301 e. The van der Waals surface area contributed by atoms with Gasteiger partial charge in [-0.1, -0.05) is 6.92 Å². The summed E-state index contributed by atoms with van der Waals surface area (Å²) in [4.78, 5) is 1.36. The zero-order valence-electron chi connectivity index (χ0n) is 9.22. The molecule has 0 spiro atoms. The number of nitrogens with one attached hydrogen (secondary N) is 1. The molecule has 0 heterocycles. The second kappa shape index (κ2) is 5.51. The summed E-state index contributed by atoms with van der Waals surface area (Å²) in [7, 11) is 0. The Balaban J connectivity index is 2.47. The monoisotopic (exact) mass is 235 g/mol. The molecule has 0 aromatic carbocycles. The maximum absolute atomic E-state index is 12.3. The number of hydrogen-bond acceptors (Lipinski definition) is 3. The van der Waals surface area contributed by atoms with E-state index < -0.39 is 18.8 Å². The lowest BCUT2D eigenvalue weighted by Crippen LogP contribution is -2.44. The lowest BCUT2D eigenvalue weighted by molar-refractivity contribution is -0.147. The number of nitriles is 1. The minimum atomic E-state index is -4.19. The van der Waals surface area contributed by atoms with E-state index in [0.29, 0.717) is 6.54 Å². The van der Waals surface area contributed by atoms with E-state index in [0.717, 1.165) is 12.8 Å². The molecule has 1 atom stereocenters. The Morgan fingerprint density at radius 3 is 2.50 bits per heavy atom. The van der Waals surface area contributed by atoms with E-state index in [1.165, 1.54) is 4.90 Å². The quantitative estimate of drug-likeness (QED) is 0.758. The molecule has 6 heteroatoms. The molecule has 1 aliphatic carbocycles. The van der Waals surface area contributed by atoms with Crippen molar-refractivity contribution in [1.82, 2.24) is 10.2 Å².